The molecule has 0 saturated heterocycles. The molecule has 0 aliphatic rings. The molecular formula is C15H11BrN2O5. The van der Waals surface area contributed by atoms with Crippen LogP contribution in [0.1, 0.15) is 15.9 Å². The van der Waals surface area contributed by atoms with Crippen molar-refractivity contribution in [2.24, 2.45) is 0 Å². The SMILES string of the molecule is O=C(Cc1ccc([N+](=O)[O-])cc1)Nc1ccc(Br)cc1C(=O)O. The van der Waals surface area contributed by atoms with Crippen LogP contribution < -0.4 is 5.32 Å². The molecule has 0 bridgehead atoms. The monoisotopic (exact) mass is 378 g/mol. The Morgan fingerprint density at radius 3 is 2.39 bits per heavy atom. The Kier molecular flexibility index (Phi) is 5.07. The van der Waals surface area contributed by atoms with Gasteiger partial charge in [0.05, 0.1) is 22.6 Å². The molecule has 0 aliphatic carbocycles. The number of non-ortho nitro benzene ring substituents is 1. The summed E-state index contributed by atoms with van der Waals surface area (Å²) in [5.74, 6) is -1.57. The van der Waals surface area contributed by atoms with E-state index in [0.717, 1.165) is 0 Å². The molecule has 2 aromatic carbocycles. The van der Waals surface area contributed by atoms with Crippen molar-refractivity contribution in [3.8, 4) is 0 Å². The van der Waals surface area contributed by atoms with Crippen LogP contribution in [-0.2, 0) is 11.2 Å². The molecule has 0 aromatic heterocycles. The Hall–Kier alpha value is -2.74. The highest BCUT2D eigenvalue weighted by molar-refractivity contribution is 9.10. The second-order valence-electron chi connectivity index (χ2n) is 4.64. The Bertz CT molecular complexity index is 774. The Morgan fingerprint density at radius 1 is 1.17 bits per heavy atom. The van der Waals surface area contributed by atoms with Crippen molar-refractivity contribution in [2.45, 2.75) is 6.42 Å². The van der Waals surface area contributed by atoms with E-state index in [-0.39, 0.29) is 23.4 Å². The second kappa shape index (κ2) is 7.01. The molecule has 0 atom stereocenters. The number of nitro groups is 1. The van der Waals surface area contributed by atoms with Crippen molar-refractivity contribution in [3.63, 3.8) is 0 Å². The minimum atomic E-state index is -1.16. The Labute approximate surface area is 139 Å². The minimum absolute atomic E-state index is 0.0207. The summed E-state index contributed by atoms with van der Waals surface area (Å²) in [4.78, 5) is 33.2. The van der Waals surface area contributed by atoms with Gasteiger partial charge in [0.2, 0.25) is 5.91 Å². The smallest absolute Gasteiger partial charge is 0.337 e. The van der Waals surface area contributed by atoms with Crippen LogP contribution in [0.2, 0.25) is 0 Å². The van der Waals surface area contributed by atoms with E-state index in [0.29, 0.717) is 10.0 Å². The molecule has 0 saturated carbocycles. The van der Waals surface area contributed by atoms with E-state index in [1.165, 1.54) is 36.4 Å². The van der Waals surface area contributed by atoms with Crippen LogP contribution in [0.5, 0.6) is 0 Å². The molecule has 7 nitrogen and oxygen atoms in total. The number of carboxylic acids is 1. The van der Waals surface area contributed by atoms with Gasteiger partial charge in [-0.2, -0.15) is 0 Å². The van der Waals surface area contributed by atoms with E-state index in [1.807, 2.05) is 0 Å². The van der Waals surface area contributed by atoms with E-state index >= 15 is 0 Å². The maximum absolute atomic E-state index is 12.0. The topological polar surface area (TPSA) is 110 Å². The summed E-state index contributed by atoms with van der Waals surface area (Å²) in [5, 5.41) is 22.2. The maximum Gasteiger partial charge on any atom is 0.337 e. The van der Waals surface area contributed by atoms with E-state index < -0.39 is 16.8 Å². The average molecular weight is 379 g/mol. The standard InChI is InChI=1S/C15H11BrN2O5/c16-10-3-6-13(12(8-10)15(20)21)17-14(19)7-9-1-4-11(5-2-9)18(22)23/h1-6,8H,7H2,(H,17,19)(H,20,21). The van der Waals surface area contributed by atoms with Gasteiger partial charge in [-0.3, -0.25) is 14.9 Å². The van der Waals surface area contributed by atoms with Gasteiger partial charge in [0.15, 0.2) is 0 Å². The van der Waals surface area contributed by atoms with Crippen molar-refractivity contribution < 1.29 is 19.6 Å². The zero-order chi connectivity index (χ0) is 17.0. The number of nitro benzene ring substituents is 1. The summed E-state index contributed by atoms with van der Waals surface area (Å²) in [6.45, 7) is 0. The number of nitrogens with one attached hydrogen (secondary N) is 1. The van der Waals surface area contributed by atoms with E-state index in [1.54, 1.807) is 6.07 Å². The number of aromatic carboxylic acids is 1. The van der Waals surface area contributed by atoms with Gasteiger partial charge < -0.3 is 10.4 Å². The summed E-state index contributed by atoms with van der Waals surface area (Å²) in [7, 11) is 0. The van der Waals surface area contributed by atoms with Gasteiger partial charge in [0.25, 0.3) is 5.69 Å². The van der Waals surface area contributed by atoms with Crippen LogP contribution >= 0.6 is 15.9 Å². The number of carboxylic acid groups (broad SMARTS) is 1. The lowest BCUT2D eigenvalue weighted by molar-refractivity contribution is -0.384. The van der Waals surface area contributed by atoms with Crippen LogP contribution in [0.15, 0.2) is 46.9 Å². The zero-order valence-electron chi connectivity index (χ0n) is 11.7. The molecule has 118 valence electrons. The number of hydrogen-bond donors (Lipinski definition) is 2. The van der Waals surface area contributed by atoms with Crippen molar-refractivity contribution in [2.75, 3.05) is 5.32 Å². The number of nitrogens with zero attached hydrogens (tertiary/aromatic N) is 1. The molecule has 0 unspecified atom stereocenters. The van der Waals surface area contributed by atoms with E-state index in [2.05, 4.69) is 21.2 Å². The summed E-state index contributed by atoms with van der Waals surface area (Å²) in [5.41, 5.74) is 0.682. The number of benzene rings is 2. The first kappa shape index (κ1) is 16.6. The molecule has 23 heavy (non-hydrogen) atoms. The van der Waals surface area contributed by atoms with Crippen LogP contribution in [0.3, 0.4) is 0 Å². The molecule has 0 fully saturated rings. The molecule has 8 heteroatoms. The third-order valence-electron chi connectivity index (χ3n) is 3.00. The summed E-state index contributed by atoms with van der Waals surface area (Å²) < 4.78 is 0.586. The predicted octanol–water partition coefficient (Wildman–Crippen LogP) is 3.24. The van der Waals surface area contributed by atoms with Gasteiger partial charge in [-0.25, -0.2) is 4.79 Å². The van der Waals surface area contributed by atoms with Crippen molar-refractivity contribution in [3.05, 3.63) is 68.2 Å². The molecule has 1 amide bonds. The Balaban J connectivity index is 2.11. The number of halogens is 1. The van der Waals surface area contributed by atoms with Gasteiger partial charge in [0.1, 0.15) is 0 Å². The maximum atomic E-state index is 12.0. The molecule has 2 N–H and O–H groups in total. The first-order chi connectivity index (χ1) is 10.9. The lowest BCUT2D eigenvalue weighted by Gasteiger charge is -2.09. The molecule has 0 radical (unpaired) electrons. The minimum Gasteiger partial charge on any atom is -0.478 e. The van der Waals surface area contributed by atoms with Crippen molar-refractivity contribution >= 4 is 39.2 Å². The summed E-state index contributed by atoms with van der Waals surface area (Å²) >= 11 is 3.17. The number of amides is 1. The number of hydrogen-bond acceptors (Lipinski definition) is 4. The Morgan fingerprint density at radius 2 is 1.83 bits per heavy atom. The molecular weight excluding hydrogens is 368 g/mol. The first-order valence-electron chi connectivity index (χ1n) is 6.43. The van der Waals surface area contributed by atoms with E-state index in [4.69, 9.17) is 5.11 Å². The number of carbonyl (C=O) groups excluding carboxylic acids is 1. The summed E-state index contributed by atoms with van der Waals surface area (Å²) in [6.07, 6.45) is -0.0207. The predicted molar refractivity (Wildman–Crippen MR) is 86.5 cm³/mol. The number of anilines is 1. The van der Waals surface area contributed by atoms with Crippen LogP contribution in [0.25, 0.3) is 0 Å². The fraction of sp³-hybridized carbons (Fsp3) is 0.0667. The molecule has 0 spiro atoms. The zero-order valence-corrected chi connectivity index (χ0v) is 13.2. The third kappa shape index (κ3) is 4.36. The van der Waals surface area contributed by atoms with Crippen LogP contribution in [-0.4, -0.2) is 21.9 Å². The van der Waals surface area contributed by atoms with Crippen molar-refractivity contribution in [1.82, 2.24) is 0 Å². The van der Waals surface area contributed by atoms with Crippen LogP contribution in [0.4, 0.5) is 11.4 Å². The lowest BCUT2D eigenvalue weighted by Crippen LogP contribution is -2.16. The molecule has 2 rings (SSSR count). The fourth-order valence-corrected chi connectivity index (χ4v) is 2.28. The average Bonchev–Trinajstić information content (AvgIpc) is 2.49. The quantitative estimate of drug-likeness (QED) is 0.612. The third-order valence-corrected chi connectivity index (χ3v) is 3.49. The van der Waals surface area contributed by atoms with Gasteiger partial charge in [-0.1, -0.05) is 28.1 Å². The number of carbonyl (C=O) groups is 2. The largest absolute Gasteiger partial charge is 0.478 e. The van der Waals surface area contributed by atoms with Gasteiger partial charge >= 0.3 is 5.97 Å². The fourth-order valence-electron chi connectivity index (χ4n) is 1.92. The lowest BCUT2D eigenvalue weighted by atomic mass is 10.1. The van der Waals surface area contributed by atoms with Gasteiger partial charge in [-0.15, -0.1) is 0 Å². The van der Waals surface area contributed by atoms with Gasteiger partial charge in [-0.05, 0) is 23.8 Å². The number of rotatable bonds is 5. The van der Waals surface area contributed by atoms with Gasteiger partial charge in [0, 0.05) is 16.6 Å². The highest BCUT2D eigenvalue weighted by Gasteiger charge is 2.14. The second-order valence-corrected chi connectivity index (χ2v) is 5.56. The normalized spacial score (nSPS) is 10.1. The first-order valence-corrected chi connectivity index (χ1v) is 7.22. The summed E-state index contributed by atoms with van der Waals surface area (Å²) in [6, 6.07) is 10.1. The van der Waals surface area contributed by atoms with Crippen molar-refractivity contribution in [1.29, 1.82) is 0 Å². The molecule has 0 aliphatic heterocycles. The molecule has 0 heterocycles. The highest BCUT2D eigenvalue weighted by Crippen LogP contribution is 2.21. The van der Waals surface area contributed by atoms with Crippen LogP contribution in [0, 0.1) is 10.1 Å². The molecule has 2 aromatic rings. The van der Waals surface area contributed by atoms with E-state index in [9.17, 15) is 19.7 Å². The highest BCUT2D eigenvalue weighted by atomic mass is 79.9.